The van der Waals surface area contributed by atoms with Crippen molar-refractivity contribution in [3.8, 4) is 5.75 Å². The van der Waals surface area contributed by atoms with Crippen LogP contribution in [0.1, 0.15) is 5.56 Å². The number of para-hydroxylation sites is 1. The van der Waals surface area contributed by atoms with E-state index < -0.39 is 6.10 Å². The zero-order valence-corrected chi connectivity index (χ0v) is 10.7. The average molecular weight is 255 g/mol. The molecule has 0 aliphatic carbocycles. The van der Waals surface area contributed by atoms with Crippen LogP contribution >= 0.6 is 0 Å². The molecule has 0 saturated heterocycles. The molecular formula is C13H21NO4. The molecule has 0 saturated carbocycles. The molecule has 0 fully saturated rings. The summed E-state index contributed by atoms with van der Waals surface area (Å²) < 4.78 is 15.5. The lowest BCUT2D eigenvalue weighted by Gasteiger charge is -2.14. The number of benzene rings is 1. The Bertz CT molecular complexity index is 333. The highest BCUT2D eigenvalue weighted by molar-refractivity contribution is 5.32. The van der Waals surface area contributed by atoms with Crippen molar-refractivity contribution in [2.45, 2.75) is 12.6 Å². The Kier molecular flexibility index (Phi) is 7.36. The van der Waals surface area contributed by atoms with Gasteiger partial charge < -0.3 is 25.1 Å². The first kappa shape index (κ1) is 14.9. The first-order valence-electron chi connectivity index (χ1n) is 5.93. The molecule has 0 aromatic heterocycles. The van der Waals surface area contributed by atoms with Crippen molar-refractivity contribution < 1.29 is 19.3 Å². The van der Waals surface area contributed by atoms with Gasteiger partial charge in [-0.25, -0.2) is 0 Å². The van der Waals surface area contributed by atoms with Crippen molar-refractivity contribution in [1.29, 1.82) is 0 Å². The van der Waals surface area contributed by atoms with Gasteiger partial charge in [0.2, 0.25) is 0 Å². The third-order valence-corrected chi connectivity index (χ3v) is 2.37. The quantitative estimate of drug-likeness (QED) is 0.630. The minimum atomic E-state index is -0.660. The maximum Gasteiger partial charge on any atom is 0.123 e. The molecule has 0 amide bonds. The smallest absolute Gasteiger partial charge is 0.123 e. The summed E-state index contributed by atoms with van der Waals surface area (Å²) in [5.41, 5.74) is 6.51. The van der Waals surface area contributed by atoms with Crippen molar-refractivity contribution in [1.82, 2.24) is 0 Å². The van der Waals surface area contributed by atoms with Crippen LogP contribution in [0.25, 0.3) is 0 Å². The molecule has 0 bridgehead atoms. The lowest BCUT2D eigenvalue weighted by Crippen LogP contribution is -2.24. The molecule has 0 spiro atoms. The molecule has 1 rings (SSSR count). The number of methoxy groups -OCH3 is 1. The molecule has 0 aliphatic rings. The summed E-state index contributed by atoms with van der Waals surface area (Å²) >= 11 is 0. The molecule has 1 aromatic rings. The summed E-state index contributed by atoms with van der Waals surface area (Å²) in [7, 11) is 1.60. The van der Waals surface area contributed by atoms with Gasteiger partial charge in [0.25, 0.3) is 0 Å². The van der Waals surface area contributed by atoms with Crippen LogP contribution in [0.2, 0.25) is 0 Å². The van der Waals surface area contributed by atoms with Gasteiger partial charge in [0.1, 0.15) is 18.5 Å². The van der Waals surface area contributed by atoms with Crippen LogP contribution < -0.4 is 10.5 Å². The normalized spacial score (nSPS) is 12.4. The summed E-state index contributed by atoms with van der Waals surface area (Å²) in [5.74, 6) is 0.705. The molecular weight excluding hydrogens is 234 g/mol. The van der Waals surface area contributed by atoms with Crippen LogP contribution in [-0.4, -0.2) is 44.7 Å². The molecule has 1 atom stereocenters. The first-order valence-corrected chi connectivity index (χ1v) is 5.93. The largest absolute Gasteiger partial charge is 0.490 e. The highest BCUT2D eigenvalue weighted by Gasteiger charge is 2.07. The SMILES string of the molecule is COCCOCC(O)COc1ccccc1CN. The fraction of sp³-hybridized carbons (Fsp3) is 0.538. The fourth-order valence-electron chi connectivity index (χ4n) is 1.41. The minimum Gasteiger partial charge on any atom is -0.490 e. The predicted molar refractivity (Wildman–Crippen MR) is 68.5 cm³/mol. The number of rotatable bonds is 9. The van der Waals surface area contributed by atoms with Gasteiger partial charge in [0.15, 0.2) is 0 Å². The van der Waals surface area contributed by atoms with Crippen molar-refractivity contribution >= 4 is 0 Å². The highest BCUT2D eigenvalue weighted by atomic mass is 16.5. The van der Waals surface area contributed by atoms with E-state index in [1.807, 2.05) is 24.3 Å². The van der Waals surface area contributed by atoms with Crippen molar-refractivity contribution in [2.24, 2.45) is 5.73 Å². The molecule has 102 valence electrons. The Hall–Kier alpha value is -1.14. The zero-order valence-electron chi connectivity index (χ0n) is 10.7. The van der Waals surface area contributed by atoms with Crippen LogP contribution in [0.3, 0.4) is 0 Å². The van der Waals surface area contributed by atoms with Crippen LogP contribution in [0.4, 0.5) is 0 Å². The zero-order chi connectivity index (χ0) is 13.2. The van der Waals surface area contributed by atoms with Crippen molar-refractivity contribution in [2.75, 3.05) is 33.5 Å². The Morgan fingerprint density at radius 1 is 1.22 bits per heavy atom. The third kappa shape index (κ3) is 5.46. The van der Waals surface area contributed by atoms with E-state index in [0.29, 0.717) is 25.5 Å². The molecule has 1 unspecified atom stereocenters. The lowest BCUT2D eigenvalue weighted by molar-refractivity contribution is -0.00431. The fourth-order valence-corrected chi connectivity index (χ4v) is 1.41. The highest BCUT2D eigenvalue weighted by Crippen LogP contribution is 2.17. The second-order valence-electron chi connectivity index (χ2n) is 3.84. The van der Waals surface area contributed by atoms with Crippen LogP contribution in [0, 0.1) is 0 Å². The molecule has 5 heteroatoms. The summed E-state index contributed by atoms with van der Waals surface area (Å²) in [6, 6.07) is 7.51. The Morgan fingerprint density at radius 2 is 2.00 bits per heavy atom. The van der Waals surface area contributed by atoms with Gasteiger partial charge in [-0.1, -0.05) is 18.2 Å². The second kappa shape index (κ2) is 8.88. The van der Waals surface area contributed by atoms with Crippen LogP contribution in [-0.2, 0) is 16.0 Å². The standard InChI is InChI=1S/C13H21NO4/c1-16-6-7-17-9-12(15)10-18-13-5-3-2-4-11(13)8-14/h2-5,12,15H,6-10,14H2,1H3. The maximum absolute atomic E-state index is 9.65. The summed E-state index contributed by atoms with van der Waals surface area (Å²) in [6.07, 6.45) is -0.660. The van der Waals surface area contributed by atoms with Gasteiger partial charge in [-0.05, 0) is 6.07 Å². The van der Waals surface area contributed by atoms with Crippen molar-refractivity contribution in [3.63, 3.8) is 0 Å². The second-order valence-corrected chi connectivity index (χ2v) is 3.84. The van der Waals surface area contributed by atoms with Gasteiger partial charge in [-0.15, -0.1) is 0 Å². The number of aliphatic hydroxyl groups excluding tert-OH is 1. The molecule has 18 heavy (non-hydrogen) atoms. The van der Waals surface area contributed by atoms with E-state index in [4.69, 9.17) is 19.9 Å². The Morgan fingerprint density at radius 3 is 2.72 bits per heavy atom. The maximum atomic E-state index is 9.65. The van der Waals surface area contributed by atoms with Gasteiger partial charge in [0.05, 0.1) is 19.8 Å². The number of aliphatic hydroxyl groups is 1. The third-order valence-electron chi connectivity index (χ3n) is 2.37. The van der Waals surface area contributed by atoms with E-state index in [9.17, 15) is 5.11 Å². The topological polar surface area (TPSA) is 73.9 Å². The average Bonchev–Trinajstić information content (AvgIpc) is 2.41. The van der Waals surface area contributed by atoms with E-state index in [1.54, 1.807) is 7.11 Å². The van der Waals surface area contributed by atoms with Gasteiger partial charge in [-0.3, -0.25) is 0 Å². The summed E-state index contributed by atoms with van der Waals surface area (Å²) in [6.45, 7) is 1.81. The molecule has 3 N–H and O–H groups in total. The Balaban J connectivity index is 2.26. The molecule has 5 nitrogen and oxygen atoms in total. The first-order chi connectivity index (χ1) is 8.77. The van der Waals surface area contributed by atoms with Gasteiger partial charge in [0, 0.05) is 19.2 Å². The number of hydrogen-bond acceptors (Lipinski definition) is 5. The van der Waals surface area contributed by atoms with E-state index in [0.717, 1.165) is 5.56 Å². The Labute approximate surface area is 107 Å². The summed E-state index contributed by atoms with van der Waals surface area (Å²) in [5, 5.41) is 9.65. The van der Waals surface area contributed by atoms with E-state index in [-0.39, 0.29) is 13.2 Å². The van der Waals surface area contributed by atoms with Gasteiger partial charge >= 0.3 is 0 Å². The van der Waals surface area contributed by atoms with E-state index in [1.165, 1.54) is 0 Å². The van der Waals surface area contributed by atoms with E-state index in [2.05, 4.69) is 0 Å². The van der Waals surface area contributed by atoms with Crippen LogP contribution in [0.5, 0.6) is 5.75 Å². The number of nitrogens with two attached hydrogens (primary N) is 1. The lowest BCUT2D eigenvalue weighted by atomic mass is 10.2. The van der Waals surface area contributed by atoms with E-state index >= 15 is 0 Å². The monoisotopic (exact) mass is 255 g/mol. The van der Waals surface area contributed by atoms with Gasteiger partial charge in [-0.2, -0.15) is 0 Å². The molecule has 1 aromatic carbocycles. The van der Waals surface area contributed by atoms with Crippen molar-refractivity contribution in [3.05, 3.63) is 29.8 Å². The minimum absolute atomic E-state index is 0.185. The van der Waals surface area contributed by atoms with Crippen LogP contribution in [0.15, 0.2) is 24.3 Å². The number of ether oxygens (including phenoxy) is 3. The molecule has 0 radical (unpaired) electrons. The molecule has 0 heterocycles. The molecule has 0 aliphatic heterocycles. The number of hydrogen-bond donors (Lipinski definition) is 2. The predicted octanol–water partition coefficient (Wildman–Crippen LogP) is 0.548. The summed E-state index contributed by atoms with van der Waals surface area (Å²) in [4.78, 5) is 0.